The third kappa shape index (κ3) is 4.01. The molecule has 32 heavy (non-hydrogen) atoms. The number of aromatic amines is 1. The summed E-state index contributed by atoms with van der Waals surface area (Å²) in [6, 6.07) is 18.5. The normalized spacial score (nSPS) is 14.1. The van der Waals surface area contributed by atoms with Crippen LogP contribution in [0.1, 0.15) is 11.1 Å². The first-order valence-electron chi connectivity index (χ1n) is 10.9. The van der Waals surface area contributed by atoms with Gasteiger partial charge in [-0.2, -0.15) is 5.10 Å². The molecule has 1 aliphatic rings. The second-order valence-corrected chi connectivity index (χ2v) is 8.30. The van der Waals surface area contributed by atoms with Gasteiger partial charge < -0.3 is 9.80 Å². The van der Waals surface area contributed by atoms with Crippen LogP contribution >= 0.6 is 0 Å². The number of carbonyl (C=O) groups is 1. The standard InChI is InChI=1S/C25H26N6O/c1-17-13-18(2)15-20(14-17)19-6-7-21-22(16-19)28-29-24(21)27-25(32)31-11-9-30(10-12-31)23-5-3-4-8-26-23/h3-8,13-16H,9-12H2,1-2H3,(H2,27,28,29,32). The number of rotatable bonds is 3. The van der Waals surface area contributed by atoms with E-state index in [4.69, 9.17) is 0 Å². The number of aryl methyl sites for hydroxylation is 2. The van der Waals surface area contributed by atoms with Crippen LogP contribution in [-0.2, 0) is 0 Å². The third-order valence-electron chi connectivity index (χ3n) is 5.88. The first-order chi connectivity index (χ1) is 15.6. The van der Waals surface area contributed by atoms with Gasteiger partial charge in [0.2, 0.25) is 0 Å². The fraction of sp³-hybridized carbons (Fsp3) is 0.240. The van der Waals surface area contributed by atoms with Crippen LogP contribution in [0.4, 0.5) is 16.4 Å². The number of pyridine rings is 1. The van der Waals surface area contributed by atoms with E-state index in [1.165, 1.54) is 16.7 Å². The maximum Gasteiger partial charge on any atom is 0.323 e. The fourth-order valence-electron chi connectivity index (χ4n) is 4.30. The number of carbonyl (C=O) groups excluding carboxylic acids is 1. The second kappa shape index (κ2) is 8.34. The summed E-state index contributed by atoms with van der Waals surface area (Å²) in [5.74, 6) is 1.51. The molecule has 2 aromatic carbocycles. The maximum atomic E-state index is 12.8. The van der Waals surface area contributed by atoms with Crippen LogP contribution in [0.25, 0.3) is 22.0 Å². The first kappa shape index (κ1) is 20.1. The molecule has 0 spiro atoms. The predicted molar refractivity (Wildman–Crippen MR) is 128 cm³/mol. The zero-order chi connectivity index (χ0) is 22.1. The number of amides is 2. The quantitative estimate of drug-likeness (QED) is 0.502. The minimum absolute atomic E-state index is 0.127. The second-order valence-electron chi connectivity index (χ2n) is 8.30. The van der Waals surface area contributed by atoms with Crippen LogP contribution in [0, 0.1) is 13.8 Å². The lowest BCUT2D eigenvalue weighted by Crippen LogP contribution is -2.50. The van der Waals surface area contributed by atoms with Gasteiger partial charge in [-0.3, -0.25) is 10.4 Å². The Labute approximate surface area is 187 Å². The van der Waals surface area contributed by atoms with E-state index in [2.05, 4.69) is 69.6 Å². The van der Waals surface area contributed by atoms with E-state index in [0.29, 0.717) is 18.9 Å². The molecule has 1 fully saturated rings. The Morgan fingerprint density at radius 3 is 2.44 bits per heavy atom. The number of benzene rings is 2. The summed E-state index contributed by atoms with van der Waals surface area (Å²) in [4.78, 5) is 21.3. The number of aromatic nitrogens is 3. The molecule has 0 saturated carbocycles. The topological polar surface area (TPSA) is 77.2 Å². The zero-order valence-corrected chi connectivity index (χ0v) is 18.3. The lowest BCUT2D eigenvalue weighted by Gasteiger charge is -2.35. The zero-order valence-electron chi connectivity index (χ0n) is 18.3. The molecule has 7 heteroatoms. The van der Waals surface area contributed by atoms with Gasteiger partial charge in [0.1, 0.15) is 5.82 Å². The van der Waals surface area contributed by atoms with Gasteiger partial charge in [0.15, 0.2) is 5.82 Å². The van der Waals surface area contributed by atoms with Gasteiger partial charge in [0.05, 0.1) is 5.52 Å². The van der Waals surface area contributed by atoms with Crippen LogP contribution in [0.15, 0.2) is 60.8 Å². The predicted octanol–water partition coefficient (Wildman–Crippen LogP) is 4.60. The molecular formula is C25H26N6O. The molecule has 2 aromatic heterocycles. The van der Waals surface area contributed by atoms with Crippen molar-refractivity contribution in [3.63, 3.8) is 0 Å². The van der Waals surface area contributed by atoms with E-state index >= 15 is 0 Å². The number of hydrogen-bond acceptors (Lipinski definition) is 4. The van der Waals surface area contributed by atoms with E-state index in [9.17, 15) is 4.79 Å². The van der Waals surface area contributed by atoms with E-state index in [1.54, 1.807) is 6.20 Å². The van der Waals surface area contributed by atoms with Gasteiger partial charge in [-0.05, 0) is 49.2 Å². The largest absolute Gasteiger partial charge is 0.353 e. The number of H-pyrrole nitrogens is 1. The molecule has 2 amide bonds. The average molecular weight is 427 g/mol. The van der Waals surface area contributed by atoms with Gasteiger partial charge in [-0.15, -0.1) is 0 Å². The minimum atomic E-state index is -0.127. The highest BCUT2D eigenvalue weighted by atomic mass is 16.2. The van der Waals surface area contributed by atoms with Crippen molar-refractivity contribution in [2.24, 2.45) is 0 Å². The fourth-order valence-corrected chi connectivity index (χ4v) is 4.30. The number of nitrogens with zero attached hydrogens (tertiary/aromatic N) is 4. The molecule has 1 saturated heterocycles. The SMILES string of the molecule is Cc1cc(C)cc(-c2ccc3c(NC(=O)N4CCN(c5ccccn5)CC4)n[nH]c3c2)c1. The third-order valence-corrected chi connectivity index (χ3v) is 5.88. The molecule has 7 nitrogen and oxygen atoms in total. The van der Waals surface area contributed by atoms with E-state index < -0.39 is 0 Å². The molecule has 0 unspecified atom stereocenters. The van der Waals surface area contributed by atoms with Crippen LogP contribution in [0.3, 0.4) is 0 Å². The molecule has 162 valence electrons. The van der Waals surface area contributed by atoms with Crippen molar-refractivity contribution in [1.82, 2.24) is 20.1 Å². The van der Waals surface area contributed by atoms with Gasteiger partial charge in [0, 0.05) is 37.8 Å². The van der Waals surface area contributed by atoms with Crippen molar-refractivity contribution in [3.05, 3.63) is 71.9 Å². The number of urea groups is 1. The van der Waals surface area contributed by atoms with Gasteiger partial charge in [-0.25, -0.2) is 9.78 Å². The summed E-state index contributed by atoms with van der Waals surface area (Å²) in [5.41, 5.74) is 5.67. The summed E-state index contributed by atoms with van der Waals surface area (Å²) >= 11 is 0. The Kier molecular flexibility index (Phi) is 5.23. The van der Waals surface area contributed by atoms with Crippen molar-refractivity contribution in [3.8, 4) is 11.1 Å². The van der Waals surface area contributed by atoms with Crippen LogP contribution in [-0.4, -0.2) is 52.3 Å². The first-order valence-corrected chi connectivity index (χ1v) is 10.9. The van der Waals surface area contributed by atoms with Crippen molar-refractivity contribution in [2.45, 2.75) is 13.8 Å². The Morgan fingerprint density at radius 2 is 1.72 bits per heavy atom. The summed E-state index contributed by atoms with van der Waals surface area (Å²) in [6.45, 7) is 7.00. The molecule has 2 N–H and O–H groups in total. The number of nitrogens with one attached hydrogen (secondary N) is 2. The molecule has 0 aliphatic carbocycles. The molecular weight excluding hydrogens is 400 g/mol. The highest BCUT2D eigenvalue weighted by molar-refractivity contribution is 6.00. The lowest BCUT2D eigenvalue weighted by molar-refractivity contribution is 0.208. The summed E-state index contributed by atoms with van der Waals surface area (Å²) in [6.07, 6.45) is 1.79. The smallest absolute Gasteiger partial charge is 0.323 e. The molecule has 4 aromatic rings. The van der Waals surface area contributed by atoms with Gasteiger partial charge in [0.25, 0.3) is 0 Å². The maximum absolute atomic E-state index is 12.8. The Bertz CT molecular complexity index is 1240. The summed E-state index contributed by atoms with van der Waals surface area (Å²) < 4.78 is 0. The average Bonchev–Trinajstić information content (AvgIpc) is 3.21. The van der Waals surface area contributed by atoms with Crippen molar-refractivity contribution < 1.29 is 4.79 Å². The van der Waals surface area contributed by atoms with Gasteiger partial charge in [-0.1, -0.05) is 41.5 Å². The number of fused-ring (bicyclic) bond motifs is 1. The van der Waals surface area contributed by atoms with E-state index in [0.717, 1.165) is 35.4 Å². The molecule has 5 rings (SSSR count). The van der Waals surface area contributed by atoms with Gasteiger partial charge >= 0.3 is 6.03 Å². The molecule has 3 heterocycles. The molecule has 1 aliphatic heterocycles. The van der Waals surface area contributed by atoms with Crippen LogP contribution < -0.4 is 10.2 Å². The molecule has 0 radical (unpaired) electrons. The number of piperazine rings is 1. The monoisotopic (exact) mass is 426 g/mol. The summed E-state index contributed by atoms with van der Waals surface area (Å²) in [5, 5.41) is 11.3. The van der Waals surface area contributed by atoms with Crippen LogP contribution in [0.5, 0.6) is 0 Å². The number of hydrogen-bond donors (Lipinski definition) is 2. The highest BCUT2D eigenvalue weighted by Gasteiger charge is 2.23. The minimum Gasteiger partial charge on any atom is -0.353 e. The number of anilines is 2. The van der Waals surface area contributed by atoms with E-state index in [-0.39, 0.29) is 6.03 Å². The Hall–Kier alpha value is -3.87. The highest BCUT2D eigenvalue weighted by Crippen LogP contribution is 2.28. The lowest BCUT2D eigenvalue weighted by atomic mass is 10.00. The Balaban J connectivity index is 1.28. The van der Waals surface area contributed by atoms with Crippen molar-refractivity contribution in [1.29, 1.82) is 0 Å². The van der Waals surface area contributed by atoms with Crippen LogP contribution in [0.2, 0.25) is 0 Å². The van der Waals surface area contributed by atoms with Crippen molar-refractivity contribution >= 4 is 28.6 Å². The molecule has 0 atom stereocenters. The van der Waals surface area contributed by atoms with Crippen molar-refractivity contribution in [2.75, 3.05) is 36.4 Å². The summed E-state index contributed by atoms with van der Waals surface area (Å²) in [7, 11) is 0. The van der Waals surface area contributed by atoms with E-state index in [1.807, 2.05) is 29.2 Å². The molecule has 0 bridgehead atoms. The Morgan fingerprint density at radius 1 is 0.938 bits per heavy atom.